The summed E-state index contributed by atoms with van der Waals surface area (Å²) in [5.41, 5.74) is 0. The second-order valence-electron chi connectivity index (χ2n) is 3.98. The number of hydrogen-bond acceptors (Lipinski definition) is 1. The Morgan fingerprint density at radius 3 is 2.77 bits per heavy atom. The first-order chi connectivity index (χ1) is 6.20. The van der Waals surface area contributed by atoms with E-state index >= 15 is 0 Å². The Bertz CT molecular complexity index is 196. The number of hydrogen-bond donors (Lipinski definition) is 0. The molecular formula is C11H19NO. The Morgan fingerprint density at radius 1 is 1.46 bits per heavy atom. The molecule has 1 aliphatic carbocycles. The molecule has 74 valence electrons. The van der Waals surface area contributed by atoms with Crippen molar-refractivity contribution in [3.8, 4) is 0 Å². The van der Waals surface area contributed by atoms with E-state index in [-0.39, 0.29) is 5.91 Å². The molecular weight excluding hydrogens is 162 g/mol. The molecule has 0 radical (unpaired) electrons. The smallest absolute Gasteiger partial charge is 0.222 e. The lowest BCUT2D eigenvalue weighted by Crippen LogP contribution is -2.22. The van der Waals surface area contributed by atoms with E-state index in [1.54, 1.807) is 4.90 Å². The molecule has 1 unspecified atom stereocenters. The topological polar surface area (TPSA) is 20.3 Å². The van der Waals surface area contributed by atoms with Gasteiger partial charge in [0.15, 0.2) is 0 Å². The summed E-state index contributed by atoms with van der Waals surface area (Å²) in [5, 5.41) is 0. The summed E-state index contributed by atoms with van der Waals surface area (Å²) >= 11 is 0. The van der Waals surface area contributed by atoms with Gasteiger partial charge in [-0.2, -0.15) is 0 Å². The molecule has 0 aromatic heterocycles. The molecule has 1 amide bonds. The second-order valence-corrected chi connectivity index (χ2v) is 3.98. The molecule has 1 rings (SSSR count). The summed E-state index contributed by atoms with van der Waals surface area (Å²) < 4.78 is 0. The summed E-state index contributed by atoms with van der Waals surface area (Å²) in [4.78, 5) is 13.0. The Hall–Kier alpha value is -0.790. The van der Waals surface area contributed by atoms with E-state index < -0.39 is 0 Å². The maximum Gasteiger partial charge on any atom is 0.222 e. The number of rotatable bonds is 3. The van der Waals surface area contributed by atoms with Crippen LogP contribution in [0, 0.1) is 5.92 Å². The van der Waals surface area contributed by atoms with E-state index in [2.05, 4.69) is 12.2 Å². The number of carbonyl (C=O) groups is 1. The Balaban J connectivity index is 2.18. The van der Waals surface area contributed by atoms with Crippen LogP contribution in [-0.2, 0) is 4.79 Å². The van der Waals surface area contributed by atoms with Crippen LogP contribution in [-0.4, -0.2) is 24.9 Å². The van der Waals surface area contributed by atoms with Gasteiger partial charge >= 0.3 is 0 Å². The lowest BCUT2D eigenvalue weighted by Gasteiger charge is -2.18. The molecule has 2 heteroatoms. The molecule has 2 nitrogen and oxygen atoms in total. The average Bonchev–Trinajstić information content (AvgIpc) is 2.15. The van der Waals surface area contributed by atoms with E-state index in [0.717, 1.165) is 12.3 Å². The Labute approximate surface area is 80.6 Å². The molecule has 1 atom stereocenters. The summed E-state index contributed by atoms with van der Waals surface area (Å²) in [5.74, 6) is 1.00. The second kappa shape index (κ2) is 5.05. The highest BCUT2D eigenvalue weighted by Gasteiger charge is 2.12. The molecule has 0 aromatic carbocycles. The number of carbonyl (C=O) groups excluding carboxylic acids is 1. The van der Waals surface area contributed by atoms with Gasteiger partial charge in [-0.1, -0.05) is 12.2 Å². The van der Waals surface area contributed by atoms with Crippen LogP contribution in [0.5, 0.6) is 0 Å². The van der Waals surface area contributed by atoms with Crippen molar-refractivity contribution in [2.45, 2.75) is 32.1 Å². The predicted molar refractivity (Wildman–Crippen MR) is 54.4 cm³/mol. The molecule has 0 heterocycles. The minimum absolute atomic E-state index is 0.259. The highest BCUT2D eigenvalue weighted by Crippen LogP contribution is 2.22. The maximum atomic E-state index is 11.3. The van der Waals surface area contributed by atoms with Gasteiger partial charge in [-0.25, -0.2) is 0 Å². The van der Waals surface area contributed by atoms with Crippen molar-refractivity contribution in [1.29, 1.82) is 0 Å². The van der Waals surface area contributed by atoms with Crippen molar-refractivity contribution in [3.63, 3.8) is 0 Å². The van der Waals surface area contributed by atoms with Crippen LogP contribution >= 0.6 is 0 Å². The van der Waals surface area contributed by atoms with Crippen molar-refractivity contribution in [2.24, 2.45) is 5.92 Å². The zero-order valence-electron chi connectivity index (χ0n) is 8.62. The summed E-state index contributed by atoms with van der Waals surface area (Å²) in [7, 11) is 3.65. The van der Waals surface area contributed by atoms with Gasteiger partial charge < -0.3 is 4.90 Å². The number of nitrogens with zero attached hydrogens (tertiary/aromatic N) is 1. The molecule has 0 saturated heterocycles. The van der Waals surface area contributed by atoms with E-state index in [9.17, 15) is 4.79 Å². The largest absolute Gasteiger partial charge is 0.349 e. The van der Waals surface area contributed by atoms with Gasteiger partial charge in [0.1, 0.15) is 0 Å². The minimum Gasteiger partial charge on any atom is -0.349 e. The molecule has 1 aliphatic rings. The summed E-state index contributed by atoms with van der Waals surface area (Å²) in [6, 6.07) is 0. The fourth-order valence-electron chi connectivity index (χ4n) is 1.67. The average molecular weight is 181 g/mol. The molecule has 13 heavy (non-hydrogen) atoms. The first-order valence-corrected chi connectivity index (χ1v) is 5.05. The highest BCUT2D eigenvalue weighted by molar-refractivity contribution is 5.75. The van der Waals surface area contributed by atoms with Crippen molar-refractivity contribution in [1.82, 2.24) is 4.90 Å². The van der Waals surface area contributed by atoms with E-state index in [1.807, 2.05) is 14.1 Å². The Kier molecular flexibility index (Phi) is 4.00. The molecule has 0 saturated carbocycles. The maximum absolute atomic E-state index is 11.3. The van der Waals surface area contributed by atoms with Gasteiger partial charge in [-0.3, -0.25) is 4.79 Å². The zero-order valence-corrected chi connectivity index (χ0v) is 8.62. The number of allylic oxidation sites excluding steroid dienone is 2. The minimum atomic E-state index is 0.259. The molecule has 0 fully saturated rings. The third-order valence-corrected chi connectivity index (χ3v) is 2.64. The SMILES string of the molecule is CN(C)C(=O)CCC1CC=CCC1. The van der Waals surface area contributed by atoms with Gasteiger partial charge in [0.25, 0.3) is 0 Å². The number of amides is 1. The van der Waals surface area contributed by atoms with Gasteiger partial charge in [-0.05, 0) is 31.6 Å². The summed E-state index contributed by atoms with van der Waals surface area (Å²) in [6.07, 6.45) is 9.88. The van der Waals surface area contributed by atoms with E-state index in [4.69, 9.17) is 0 Å². The molecule has 0 N–H and O–H groups in total. The predicted octanol–water partition coefficient (Wildman–Crippen LogP) is 2.21. The van der Waals surface area contributed by atoms with Crippen LogP contribution in [0.2, 0.25) is 0 Å². The lowest BCUT2D eigenvalue weighted by molar-refractivity contribution is -0.129. The summed E-state index contributed by atoms with van der Waals surface area (Å²) in [6.45, 7) is 0. The van der Waals surface area contributed by atoms with Gasteiger partial charge in [-0.15, -0.1) is 0 Å². The fraction of sp³-hybridized carbons (Fsp3) is 0.727. The van der Waals surface area contributed by atoms with Crippen molar-refractivity contribution >= 4 is 5.91 Å². The van der Waals surface area contributed by atoms with Gasteiger partial charge in [0, 0.05) is 20.5 Å². The fourth-order valence-corrected chi connectivity index (χ4v) is 1.67. The first-order valence-electron chi connectivity index (χ1n) is 5.05. The van der Waals surface area contributed by atoms with Crippen molar-refractivity contribution < 1.29 is 4.79 Å². The van der Waals surface area contributed by atoms with Crippen LogP contribution in [0.15, 0.2) is 12.2 Å². The van der Waals surface area contributed by atoms with E-state index in [1.165, 1.54) is 19.3 Å². The monoisotopic (exact) mass is 181 g/mol. The van der Waals surface area contributed by atoms with Crippen molar-refractivity contribution in [2.75, 3.05) is 14.1 Å². The highest BCUT2D eigenvalue weighted by atomic mass is 16.2. The van der Waals surface area contributed by atoms with Crippen molar-refractivity contribution in [3.05, 3.63) is 12.2 Å². The standard InChI is InChI=1S/C11H19NO/c1-12(2)11(13)9-8-10-6-4-3-5-7-10/h3-4,10H,5-9H2,1-2H3. The Morgan fingerprint density at radius 2 is 2.23 bits per heavy atom. The van der Waals surface area contributed by atoms with Crippen LogP contribution < -0.4 is 0 Å². The normalized spacial score (nSPS) is 21.5. The third-order valence-electron chi connectivity index (χ3n) is 2.64. The van der Waals surface area contributed by atoms with Crippen LogP contribution in [0.25, 0.3) is 0 Å². The molecule has 0 aromatic rings. The quantitative estimate of drug-likeness (QED) is 0.611. The zero-order chi connectivity index (χ0) is 9.68. The van der Waals surface area contributed by atoms with E-state index in [0.29, 0.717) is 6.42 Å². The first kappa shape index (κ1) is 10.3. The third kappa shape index (κ3) is 3.62. The molecule has 0 aliphatic heterocycles. The van der Waals surface area contributed by atoms with Crippen LogP contribution in [0.3, 0.4) is 0 Å². The molecule has 0 spiro atoms. The van der Waals surface area contributed by atoms with Crippen LogP contribution in [0.1, 0.15) is 32.1 Å². The molecule has 0 bridgehead atoms. The van der Waals surface area contributed by atoms with Gasteiger partial charge in [0.05, 0.1) is 0 Å². The lowest BCUT2D eigenvalue weighted by atomic mass is 9.90. The van der Waals surface area contributed by atoms with Crippen LogP contribution in [0.4, 0.5) is 0 Å². The van der Waals surface area contributed by atoms with Gasteiger partial charge in [0.2, 0.25) is 5.91 Å².